The number of benzene rings is 1. The van der Waals surface area contributed by atoms with E-state index in [1.54, 1.807) is 18.2 Å². The molecular formula is C13H18O4. The van der Waals surface area contributed by atoms with E-state index in [0.717, 1.165) is 5.56 Å². The van der Waals surface area contributed by atoms with Crippen molar-refractivity contribution in [1.82, 2.24) is 0 Å². The molecule has 1 aromatic rings. The largest absolute Gasteiger partial charge is 0.508 e. The first-order chi connectivity index (χ1) is 7.99. The van der Waals surface area contributed by atoms with Crippen LogP contribution in [0, 0.1) is 0 Å². The first-order valence-electron chi connectivity index (χ1n) is 5.69. The standard InChI is InChI=1S/C13H18O4/c1-9(2)17-11-6-7-12(14)10(8-11)4-3-5-13(15)16/h6-9,14H,3-5H2,1-2H3,(H,15,16). The minimum atomic E-state index is -0.820. The quantitative estimate of drug-likeness (QED) is 0.799. The molecule has 4 nitrogen and oxygen atoms in total. The minimum Gasteiger partial charge on any atom is -0.508 e. The van der Waals surface area contributed by atoms with Crippen LogP contribution < -0.4 is 4.74 Å². The fraction of sp³-hybridized carbons (Fsp3) is 0.462. The van der Waals surface area contributed by atoms with Gasteiger partial charge in [-0.3, -0.25) is 4.79 Å². The molecule has 0 radical (unpaired) electrons. The third-order valence-electron chi connectivity index (χ3n) is 2.26. The van der Waals surface area contributed by atoms with Crippen LogP contribution in [0.2, 0.25) is 0 Å². The van der Waals surface area contributed by atoms with Gasteiger partial charge >= 0.3 is 5.97 Å². The third-order valence-corrected chi connectivity index (χ3v) is 2.26. The van der Waals surface area contributed by atoms with E-state index in [1.165, 1.54) is 0 Å². The Kier molecular flexibility index (Phi) is 4.82. The topological polar surface area (TPSA) is 66.8 Å². The van der Waals surface area contributed by atoms with E-state index in [2.05, 4.69) is 0 Å². The molecule has 0 saturated carbocycles. The van der Waals surface area contributed by atoms with Gasteiger partial charge in [-0.25, -0.2) is 0 Å². The van der Waals surface area contributed by atoms with Crippen molar-refractivity contribution in [3.8, 4) is 11.5 Å². The van der Waals surface area contributed by atoms with Crippen molar-refractivity contribution in [2.75, 3.05) is 0 Å². The van der Waals surface area contributed by atoms with Gasteiger partial charge in [0.05, 0.1) is 6.10 Å². The molecule has 0 heterocycles. The average molecular weight is 238 g/mol. The van der Waals surface area contributed by atoms with Gasteiger partial charge in [-0.05, 0) is 50.5 Å². The lowest BCUT2D eigenvalue weighted by Gasteiger charge is -2.11. The highest BCUT2D eigenvalue weighted by Gasteiger charge is 2.06. The molecule has 0 aromatic heterocycles. The van der Waals surface area contributed by atoms with Gasteiger partial charge in [-0.1, -0.05) is 0 Å². The van der Waals surface area contributed by atoms with Gasteiger partial charge in [-0.2, -0.15) is 0 Å². The van der Waals surface area contributed by atoms with E-state index in [0.29, 0.717) is 18.6 Å². The molecule has 0 saturated heterocycles. The molecule has 94 valence electrons. The van der Waals surface area contributed by atoms with E-state index in [1.807, 2.05) is 13.8 Å². The van der Waals surface area contributed by atoms with Gasteiger partial charge < -0.3 is 14.9 Å². The van der Waals surface area contributed by atoms with E-state index < -0.39 is 5.97 Å². The third kappa shape index (κ3) is 4.76. The zero-order valence-electron chi connectivity index (χ0n) is 10.1. The Balaban J connectivity index is 2.66. The Morgan fingerprint density at radius 2 is 2.12 bits per heavy atom. The number of carboxylic acids is 1. The van der Waals surface area contributed by atoms with Crippen molar-refractivity contribution in [1.29, 1.82) is 0 Å². The first-order valence-corrected chi connectivity index (χ1v) is 5.69. The number of hydrogen-bond acceptors (Lipinski definition) is 3. The van der Waals surface area contributed by atoms with Gasteiger partial charge in [0.25, 0.3) is 0 Å². The van der Waals surface area contributed by atoms with Crippen LogP contribution in [0.3, 0.4) is 0 Å². The maximum atomic E-state index is 10.4. The summed E-state index contributed by atoms with van der Waals surface area (Å²) in [5.41, 5.74) is 0.726. The molecule has 0 unspecified atom stereocenters. The summed E-state index contributed by atoms with van der Waals surface area (Å²) in [5, 5.41) is 18.2. The molecule has 1 aromatic carbocycles. The first kappa shape index (κ1) is 13.4. The molecule has 4 heteroatoms. The Hall–Kier alpha value is -1.71. The second kappa shape index (κ2) is 6.13. The van der Waals surface area contributed by atoms with Crippen molar-refractivity contribution in [2.45, 2.75) is 39.2 Å². The molecule has 1 rings (SSSR count). The molecule has 0 fully saturated rings. The smallest absolute Gasteiger partial charge is 0.303 e. The Bertz CT molecular complexity index is 385. The van der Waals surface area contributed by atoms with E-state index >= 15 is 0 Å². The summed E-state index contributed by atoms with van der Waals surface area (Å²) in [7, 11) is 0. The second-order valence-corrected chi connectivity index (χ2v) is 4.20. The number of aliphatic carboxylic acids is 1. The Morgan fingerprint density at radius 3 is 2.71 bits per heavy atom. The number of hydrogen-bond donors (Lipinski definition) is 2. The number of rotatable bonds is 6. The lowest BCUT2D eigenvalue weighted by atomic mass is 10.1. The summed E-state index contributed by atoms with van der Waals surface area (Å²) in [6.07, 6.45) is 1.22. The maximum absolute atomic E-state index is 10.4. The maximum Gasteiger partial charge on any atom is 0.303 e. The van der Waals surface area contributed by atoms with Gasteiger partial charge in [0.1, 0.15) is 11.5 Å². The van der Waals surface area contributed by atoms with Crippen molar-refractivity contribution in [3.05, 3.63) is 23.8 Å². The minimum absolute atomic E-state index is 0.0754. The number of phenols is 1. The van der Waals surface area contributed by atoms with E-state index in [-0.39, 0.29) is 18.3 Å². The number of aromatic hydroxyl groups is 1. The summed E-state index contributed by atoms with van der Waals surface area (Å²) < 4.78 is 5.51. The molecule has 0 aliphatic carbocycles. The predicted octanol–water partition coefficient (Wildman–Crippen LogP) is 2.59. The van der Waals surface area contributed by atoms with Gasteiger partial charge in [0, 0.05) is 6.42 Å². The van der Waals surface area contributed by atoms with Gasteiger partial charge in [0.2, 0.25) is 0 Å². The molecular weight excluding hydrogens is 220 g/mol. The van der Waals surface area contributed by atoms with Crippen LogP contribution in [0.15, 0.2) is 18.2 Å². The zero-order chi connectivity index (χ0) is 12.8. The van der Waals surface area contributed by atoms with Crippen molar-refractivity contribution < 1.29 is 19.7 Å². The van der Waals surface area contributed by atoms with Gasteiger partial charge in [0.15, 0.2) is 0 Å². The Labute approximate surface area is 101 Å². The monoisotopic (exact) mass is 238 g/mol. The molecule has 0 atom stereocenters. The Morgan fingerprint density at radius 1 is 1.41 bits per heavy atom. The lowest BCUT2D eigenvalue weighted by molar-refractivity contribution is -0.137. The van der Waals surface area contributed by atoms with Crippen LogP contribution in [-0.2, 0) is 11.2 Å². The molecule has 0 aliphatic rings. The summed E-state index contributed by atoms with van der Waals surface area (Å²) in [4.78, 5) is 10.4. The van der Waals surface area contributed by atoms with Gasteiger partial charge in [-0.15, -0.1) is 0 Å². The van der Waals surface area contributed by atoms with Crippen molar-refractivity contribution in [3.63, 3.8) is 0 Å². The molecule has 0 aliphatic heterocycles. The fourth-order valence-corrected chi connectivity index (χ4v) is 1.54. The number of ether oxygens (including phenoxy) is 1. The second-order valence-electron chi connectivity index (χ2n) is 4.20. The summed E-state index contributed by atoms with van der Waals surface area (Å²) in [6.45, 7) is 3.86. The highest BCUT2D eigenvalue weighted by Crippen LogP contribution is 2.25. The molecule has 17 heavy (non-hydrogen) atoms. The highest BCUT2D eigenvalue weighted by molar-refractivity contribution is 5.66. The van der Waals surface area contributed by atoms with Crippen LogP contribution in [0.25, 0.3) is 0 Å². The normalized spacial score (nSPS) is 10.5. The molecule has 0 spiro atoms. The van der Waals surface area contributed by atoms with Crippen molar-refractivity contribution in [2.24, 2.45) is 0 Å². The predicted molar refractivity (Wildman–Crippen MR) is 64.4 cm³/mol. The van der Waals surface area contributed by atoms with E-state index in [9.17, 15) is 9.90 Å². The highest BCUT2D eigenvalue weighted by atomic mass is 16.5. The number of aryl methyl sites for hydroxylation is 1. The molecule has 2 N–H and O–H groups in total. The lowest BCUT2D eigenvalue weighted by Crippen LogP contribution is -2.05. The number of phenolic OH excluding ortho intramolecular Hbond substituents is 1. The summed E-state index contributed by atoms with van der Waals surface area (Å²) in [5.74, 6) is 0.0636. The van der Waals surface area contributed by atoms with Crippen LogP contribution in [-0.4, -0.2) is 22.3 Å². The summed E-state index contributed by atoms with van der Waals surface area (Å²) >= 11 is 0. The SMILES string of the molecule is CC(C)Oc1ccc(O)c(CCCC(=O)O)c1. The molecule has 0 bridgehead atoms. The fourth-order valence-electron chi connectivity index (χ4n) is 1.54. The van der Waals surface area contributed by atoms with Crippen LogP contribution in [0.5, 0.6) is 11.5 Å². The zero-order valence-corrected chi connectivity index (χ0v) is 10.1. The number of carboxylic acid groups (broad SMARTS) is 1. The number of carbonyl (C=O) groups is 1. The average Bonchev–Trinajstić information content (AvgIpc) is 2.21. The van der Waals surface area contributed by atoms with Crippen LogP contribution >= 0.6 is 0 Å². The van der Waals surface area contributed by atoms with Crippen LogP contribution in [0.1, 0.15) is 32.3 Å². The summed E-state index contributed by atoms with van der Waals surface area (Å²) in [6, 6.07) is 5.04. The van der Waals surface area contributed by atoms with E-state index in [4.69, 9.17) is 9.84 Å². The molecule has 0 amide bonds. The van der Waals surface area contributed by atoms with Crippen molar-refractivity contribution >= 4 is 5.97 Å². The van der Waals surface area contributed by atoms with Crippen LogP contribution in [0.4, 0.5) is 0 Å².